The minimum Gasteiger partial charge on any atom is -0.488 e. The van der Waals surface area contributed by atoms with Gasteiger partial charge in [0.2, 0.25) is 10.0 Å². The SMILES string of the molecule is CC1(C)CCc2cc(S(=O)(=O)N(CC(=O)O)Cc3cc(F)cc(-c4cccc5ccccc45)c3)ccc2O1. The standard InChI is InChI=1S/C30H28FNO5S/c1-30(2)13-12-22-17-25(10-11-28(22)37-30)38(35,36)32(19-29(33)34)18-20-14-23(16-24(31)15-20)27-9-5-7-21-6-3-4-8-26(21)27/h3-11,14-17H,12-13,18-19H2,1-2H3,(H,33,34). The van der Waals surface area contributed by atoms with Gasteiger partial charge in [0.1, 0.15) is 23.7 Å². The van der Waals surface area contributed by atoms with Crippen LogP contribution in [0.2, 0.25) is 0 Å². The van der Waals surface area contributed by atoms with Crippen molar-refractivity contribution in [2.75, 3.05) is 6.54 Å². The first-order valence-corrected chi connectivity index (χ1v) is 13.8. The number of carboxylic acid groups (broad SMARTS) is 1. The number of hydrogen-bond donors (Lipinski definition) is 1. The fraction of sp³-hybridized carbons (Fsp3) is 0.233. The smallest absolute Gasteiger partial charge is 0.318 e. The molecule has 8 heteroatoms. The summed E-state index contributed by atoms with van der Waals surface area (Å²) in [5.41, 5.74) is 2.14. The molecule has 6 nitrogen and oxygen atoms in total. The molecule has 4 aromatic carbocycles. The van der Waals surface area contributed by atoms with Gasteiger partial charge in [-0.2, -0.15) is 4.31 Å². The number of ether oxygens (including phenoxy) is 1. The number of halogens is 1. The Morgan fingerprint density at radius 1 is 1.03 bits per heavy atom. The van der Waals surface area contributed by atoms with Crippen molar-refractivity contribution < 1.29 is 27.4 Å². The van der Waals surface area contributed by atoms with Gasteiger partial charge in [0.05, 0.1) is 4.90 Å². The molecular weight excluding hydrogens is 505 g/mol. The second kappa shape index (κ2) is 9.85. The van der Waals surface area contributed by atoms with E-state index in [1.165, 1.54) is 18.2 Å². The largest absolute Gasteiger partial charge is 0.488 e. The van der Waals surface area contributed by atoms with Crippen LogP contribution in [0.3, 0.4) is 0 Å². The van der Waals surface area contributed by atoms with E-state index >= 15 is 0 Å². The molecule has 1 aliphatic heterocycles. The van der Waals surface area contributed by atoms with Crippen molar-refractivity contribution in [2.24, 2.45) is 0 Å². The number of benzene rings is 4. The fourth-order valence-electron chi connectivity index (χ4n) is 4.90. The maximum absolute atomic E-state index is 14.8. The van der Waals surface area contributed by atoms with Gasteiger partial charge in [0.15, 0.2) is 0 Å². The second-order valence-electron chi connectivity index (χ2n) is 10.2. The van der Waals surface area contributed by atoms with Crippen molar-refractivity contribution in [3.8, 4) is 16.9 Å². The van der Waals surface area contributed by atoms with Crippen LogP contribution in [-0.4, -0.2) is 35.9 Å². The summed E-state index contributed by atoms with van der Waals surface area (Å²) in [6.07, 6.45) is 1.37. The molecule has 0 atom stereocenters. The summed E-state index contributed by atoms with van der Waals surface area (Å²) < 4.78 is 48.9. The Morgan fingerprint density at radius 3 is 2.58 bits per heavy atom. The van der Waals surface area contributed by atoms with Crippen LogP contribution < -0.4 is 4.74 Å². The molecule has 4 aromatic rings. The normalized spacial score (nSPS) is 14.7. The van der Waals surface area contributed by atoms with Crippen LogP contribution >= 0.6 is 0 Å². The Kier molecular flexibility index (Phi) is 6.71. The Labute approximate surface area is 221 Å². The lowest BCUT2D eigenvalue weighted by Crippen LogP contribution is -2.36. The first-order valence-electron chi connectivity index (χ1n) is 12.3. The maximum Gasteiger partial charge on any atom is 0.318 e. The van der Waals surface area contributed by atoms with Crippen LogP contribution in [-0.2, 0) is 27.8 Å². The zero-order chi connectivity index (χ0) is 27.1. The summed E-state index contributed by atoms with van der Waals surface area (Å²) in [5, 5.41) is 11.5. The number of fused-ring (bicyclic) bond motifs is 2. The monoisotopic (exact) mass is 533 g/mol. The van der Waals surface area contributed by atoms with Crippen molar-refractivity contribution in [2.45, 2.75) is 43.7 Å². The van der Waals surface area contributed by atoms with Crippen molar-refractivity contribution in [3.63, 3.8) is 0 Å². The van der Waals surface area contributed by atoms with Gasteiger partial charge < -0.3 is 9.84 Å². The van der Waals surface area contributed by atoms with E-state index in [4.69, 9.17) is 4.74 Å². The molecule has 5 rings (SSSR count). The molecule has 0 radical (unpaired) electrons. The van der Waals surface area contributed by atoms with Crippen LogP contribution in [0.1, 0.15) is 31.4 Å². The third kappa shape index (κ3) is 5.28. The first kappa shape index (κ1) is 25.9. The van der Waals surface area contributed by atoms with Crippen molar-refractivity contribution in [3.05, 3.63) is 95.8 Å². The average Bonchev–Trinajstić information content (AvgIpc) is 2.86. The van der Waals surface area contributed by atoms with Crippen molar-refractivity contribution in [1.82, 2.24) is 4.31 Å². The first-order chi connectivity index (χ1) is 18.0. The quantitative estimate of drug-likeness (QED) is 0.314. The van der Waals surface area contributed by atoms with Crippen LogP contribution in [0.25, 0.3) is 21.9 Å². The highest BCUT2D eigenvalue weighted by molar-refractivity contribution is 7.89. The Bertz CT molecular complexity index is 1640. The molecule has 0 aliphatic carbocycles. The molecule has 0 saturated carbocycles. The number of carbonyl (C=O) groups is 1. The summed E-state index contributed by atoms with van der Waals surface area (Å²) in [6, 6.07) is 22.4. The predicted molar refractivity (Wildman–Crippen MR) is 144 cm³/mol. The Balaban J connectivity index is 1.51. The summed E-state index contributed by atoms with van der Waals surface area (Å²) in [5.74, 6) is -1.22. The van der Waals surface area contributed by atoms with Gasteiger partial charge in [-0.05, 0) is 96.1 Å². The minimum absolute atomic E-state index is 0.0218. The number of hydrogen-bond acceptors (Lipinski definition) is 4. The second-order valence-corrected chi connectivity index (χ2v) is 12.1. The molecule has 0 bridgehead atoms. The van der Waals surface area contributed by atoms with Crippen LogP contribution in [0, 0.1) is 5.82 Å². The molecule has 1 aliphatic rings. The minimum atomic E-state index is -4.21. The van der Waals surface area contributed by atoms with E-state index in [-0.39, 0.29) is 17.0 Å². The average molecular weight is 534 g/mol. The van der Waals surface area contributed by atoms with Gasteiger partial charge in [0.25, 0.3) is 0 Å². The van der Waals surface area contributed by atoms with Crippen LogP contribution in [0.15, 0.2) is 83.8 Å². The third-order valence-electron chi connectivity index (χ3n) is 6.78. The molecule has 196 valence electrons. The number of sulfonamides is 1. The molecule has 0 amide bonds. The van der Waals surface area contributed by atoms with Crippen molar-refractivity contribution in [1.29, 1.82) is 0 Å². The molecule has 0 spiro atoms. The van der Waals surface area contributed by atoms with E-state index in [9.17, 15) is 22.7 Å². The number of carboxylic acids is 1. The molecule has 1 heterocycles. The van der Waals surface area contributed by atoms with Crippen molar-refractivity contribution >= 4 is 26.8 Å². The Morgan fingerprint density at radius 2 is 1.79 bits per heavy atom. The zero-order valence-corrected chi connectivity index (χ0v) is 22.0. The van der Waals surface area contributed by atoms with Gasteiger partial charge >= 0.3 is 5.97 Å². The predicted octanol–water partition coefficient (Wildman–Crippen LogP) is 6.03. The highest BCUT2D eigenvalue weighted by Gasteiger charge is 2.31. The Hall–Kier alpha value is -3.75. The van der Waals surface area contributed by atoms with Gasteiger partial charge in [-0.3, -0.25) is 4.79 Å². The van der Waals surface area contributed by atoms with E-state index in [2.05, 4.69) is 0 Å². The summed E-state index contributed by atoms with van der Waals surface area (Å²) in [7, 11) is -4.21. The fourth-order valence-corrected chi connectivity index (χ4v) is 6.33. The number of rotatable bonds is 7. The lowest BCUT2D eigenvalue weighted by Gasteiger charge is -2.33. The van der Waals surface area contributed by atoms with Gasteiger partial charge in [-0.25, -0.2) is 12.8 Å². The zero-order valence-electron chi connectivity index (χ0n) is 21.1. The van der Waals surface area contributed by atoms with Gasteiger partial charge in [0, 0.05) is 6.54 Å². The molecular formula is C30H28FNO5S. The van der Waals surface area contributed by atoms with E-state index in [1.807, 2.05) is 56.3 Å². The summed E-state index contributed by atoms with van der Waals surface area (Å²) in [4.78, 5) is 11.7. The third-order valence-corrected chi connectivity index (χ3v) is 8.57. The number of aryl methyl sites for hydroxylation is 1. The summed E-state index contributed by atoms with van der Waals surface area (Å²) in [6.45, 7) is 2.88. The molecule has 1 N–H and O–H groups in total. The maximum atomic E-state index is 14.8. The van der Waals surface area contributed by atoms with Crippen LogP contribution in [0.5, 0.6) is 5.75 Å². The van der Waals surface area contributed by atoms with Gasteiger partial charge in [-0.1, -0.05) is 42.5 Å². The van der Waals surface area contributed by atoms with Gasteiger partial charge in [-0.15, -0.1) is 0 Å². The van der Waals surface area contributed by atoms with E-state index in [0.717, 1.165) is 32.6 Å². The molecule has 0 saturated heterocycles. The number of aliphatic carboxylic acids is 1. The lowest BCUT2D eigenvalue weighted by molar-refractivity contribution is -0.137. The van der Waals surface area contributed by atoms with Crippen LogP contribution in [0.4, 0.5) is 4.39 Å². The number of nitrogens with zero attached hydrogens (tertiary/aromatic N) is 1. The molecule has 0 fully saturated rings. The lowest BCUT2D eigenvalue weighted by atomic mass is 9.94. The molecule has 38 heavy (non-hydrogen) atoms. The molecule has 0 aromatic heterocycles. The summed E-state index contributed by atoms with van der Waals surface area (Å²) >= 11 is 0. The highest BCUT2D eigenvalue weighted by atomic mass is 32.2. The highest BCUT2D eigenvalue weighted by Crippen LogP contribution is 2.35. The van der Waals surface area contributed by atoms with E-state index in [0.29, 0.717) is 23.3 Å². The van der Waals surface area contributed by atoms with E-state index in [1.54, 1.807) is 18.2 Å². The van der Waals surface area contributed by atoms with E-state index < -0.39 is 28.4 Å². The topological polar surface area (TPSA) is 83.9 Å². The molecule has 0 unspecified atom stereocenters.